The smallest absolute Gasteiger partial charge is 0.266 e. The molecule has 0 radical (unpaired) electrons. The van der Waals surface area contributed by atoms with Crippen molar-refractivity contribution in [1.29, 1.82) is 0 Å². The lowest BCUT2D eigenvalue weighted by Gasteiger charge is -2.30. The standard InChI is InChI=1S/C19H23N3O3S2/c1-20-9-11-21(12-10-20)17(23)7-8-22-18(24)16(27-19(22)26)13-14-3-5-15(25-2)6-4-14/h3-6,13H,7-12H2,1-2H3/p+1. The molecule has 3 rings (SSSR count). The minimum absolute atomic E-state index is 0.0932. The maximum Gasteiger partial charge on any atom is 0.266 e. The van der Waals surface area contributed by atoms with Crippen LogP contribution in [-0.4, -0.2) is 72.8 Å². The lowest BCUT2D eigenvalue weighted by Crippen LogP contribution is -3.12. The zero-order valence-electron chi connectivity index (χ0n) is 15.6. The lowest BCUT2D eigenvalue weighted by molar-refractivity contribution is -0.883. The summed E-state index contributed by atoms with van der Waals surface area (Å²) in [6.45, 7) is 3.83. The molecule has 0 spiro atoms. The molecular weight excluding hydrogens is 382 g/mol. The summed E-state index contributed by atoms with van der Waals surface area (Å²) in [7, 11) is 3.75. The molecule has 0 aliphatic carbocycles. The highest BCUT2D eigenvalue weighted by Gasteiger charge is 2.32. The average molecular weight is 407 g/mol. The van der Waals surface area contributed by atoms with Gasteiger partial charge in [0, 0.05) is 13.0 Å². The highest BCUT2D eigenvalue weighted by molar-refractivity contribution is 8.26. The number of benzene rings is 1. The van der Waals surface area contributed by atoms with Gasteiger partial charge >= 0.3 is 0 Å². The first-order valence-electron chi connectivity index (χ1n) is 8.96. The van der Waals surface area contributed by atoms with E-state index in [9.17, 15) is 9.59 Å². The molecule has 8 heteroatoms. The number of thioether (sulfide) groups is 1. The van der Waals surface area contributed by atoms with Crippen LogP contribution in [0.2, 0.25) is 0 Å². The minimum Gasteiger partial charge on any atom is -0.497 e. The van der Waals surface area contributed by atoms with Gasteiger partial charge in [-0.3, -0.25) is 14.5 Å². The molecule has 2 fully saturated rings. The molecule has 2 saturated heterocycles. The van der Waals surface area contributed by atoms with Crippen LogP contribution in [0.4, 0.5) is 0 Å². The number of methoxy groups -OCH3 is 1. The molecule has 27 heavy (non-hydrogen) atoms. The number of carbonyl (C=O) groups is 2. The monoisotopic (exact) mass is 406 g/mol. The predicted octanol–water partition coefficient (Wildman–Crippen LogP) is 0.643. The number of hydrogen-bond acceptors (Lipinski definition) is 5. The Kier molecular flexibility index (Phi) is 6.51. The number of likely N-dealkylation sites (N-methyl/N-ethyl adjacent to an activating group) is 1. The fourth-order valence-corrected chi connectivity index (χ4v) is 4.36. The van der Waals surface area contributed by atoms with Crippen molar-refractivity contribution in [1.82, 2.24) is 9.80 Å². The molecule has 1 aromatic rings. The normalized spacial score (nSPS) is 19.9. The molecule has 2 amide bonds. The molecule has 2 heterocycles. The van der Waals surface area contributed by atoms with E-state index in [1.165, 1.54) is 21.6 Å². The van der Waals surface area contributed by atoms with Gasteiger partial charge in [-0.25, -0.2) is 0 Å². The number of ether oxygens (including phenoxy) is 1. The lowest BCUT2D eigenvalue weighted by atomic mass is 10.2. The number of piperazine rings is 1. The van der Waals surface area contributed by atoms with Crippen molar-refractivity contribution >= 4 is 46.2 Å². The number of amides is 2. The highest BCUT2D eigenvalue weighted by atomic mass is 32.2. The van der Waals surface area contributed by atoms with Gasteiger partial charge in [0.15, 0.2) is 0 Å². The van der Waals surface area contributed by atoms with Crippen molar-refractivity contribution in [3.05, 3.63) is 34.7 Å². The summed E-state index contributed by atoms with van der Waals surface area (Å²) < 4.78 is 5.66. The number of nitrogens with zero attached hydrogens (tertiary/aromatic N) is 2. The van der Waals surface area contributed by atoms with Gasteiger partial charge in [0.2, 0.25) is 5.91 Å². The van der Waals surface area contributed by atoms with Crippen LogP contribution in [-0.2, 0) is 9.59 Å². The zero-order valence-corrected chi connectivity index (χ0v) is 17.2. The SMILES string of the molecule is COc1ccc(C=C2SC(=S)N(CCC(=O)N3CC[NH+](C)CC3)C2=O)cc1. The van der Waals surface area contributed by atoms with Crippen molar-refractivity contribution in [2.75, 3.05) is 46.9 Å². The summed E-state index contributed by atoms with van der Waals surface area (Å²) in [4.78, 5) is 30.5. The molecule has 2 aliphatic heterocycles. The van der Waals surface area contributed by atoms with Crippen molar-refractivity contribution in [2.45, 2.75) is 6.42 Å². The van der Waals surface area contributed by atoms with E-state index >= 15 is 0 Å². The van der Waals surface area contributed by atoms with Crippen LogP contribution in [0.3, 0.4) is 0 Å². The maximum atomic E-state index is 12.7. The van der Waals surface area contributed by atoms with E-state index in [-0.39, 0.29) is 11.8 Å². The van der Waals surface area contributed by atoms with Crippen molar-refractivity contribution in [3.8, 4) is 5.75 Å². The number of quaternary nitrogens is 1. The van der Waals surface area contributed by atoms with Gasteiger partial charge in [0.1, 0.15) is 10.1 Å². The molecule has 1 N–H and O–H groups in total. The van der Waals surface area contributed by atoms with Crippen molar-refractivity contribution < 1.29 is 19.2 Å². The van der Waals surface area contributed by atoms with E-state index in [1.807, 2.05) is 35.2 Å². The van der Waals surface area contributed by atoms with Crippen LogP contribution in [0.25, 0.3) is 6.08 Å². The molecule has 144 valence electrons. The second-order valence-electron chi connectivity index (χ2n) is 6.69. The molecule has 0 bridgehead atoms. The maximum absolute atomic E-state index is 12.7. The van der Waals surface area contributed by atoms with Crippen LogP contribution >= 0.6 is 24.0 Å². The third kappa shape index (κ3) is 4.88. The second-order valence-corrected chi connectivity index (χ2v) is 8.37. The Labute approximate surface area is 169 Å². The fraction of sp³-hybridized carbons (Fsp3) is 0.421. The van der Waals surface area contributed by atoms with Gasteiger partial charge in [-0.2, -0.15) is 0 Å². The van der Waals surface area contributed by atoms with E-state index in [0.717, 1.165) is 37.5 Å². The van der Waals surface area contributed by atoms with Crippen LogP contribution in [0.15, 0.2) is 29.2 Å². The summed E-state index contributed by atoms with van der Waals surface area (Å²) in [5.41, 5.74) is 0.910. The number of thiocarbonyl (C=S) groups is 1. The van der Waals surface area contributed by atoms with E-state index in [0.29, 0.717) is 22.2 Å². The molecule has 0 saturated carbocycles. The Balaban J connectivity index is 1.58. The van der Waals surface area contributed by atoms with Crippen LogP contribution in [0, 0.1) is 0 Å². The fourth-order valence-electron chi connectivity index (χ4n) is 3.05. The number of rotatable bonds is 5. The molecule has 0 atom stereocenters. The Morgan fingerprint density at radius 2 is 1.96 bits per heavy atom. The zero-order chi connectivity index (χ0) is 19.4. The van der Waals surface area contributed by atoms with Gasteiger partial charge in [-0.1, -0.05) is 36.1 Å². The third-order valence-electron chi connectivity index (χ3n) is 4.81. The Hall–Kier alpha value is -1.90. The quantitative estimate of drug-likeness (QED) is 0.575. The van der Waals surface area contributed by atoms with Gasteiger partial charge < -0.3 is 14.5 Å². The Bertz CT molecular complexity index is 756. The predicted molar refractivity (Wildman–Crippen MR) is 111 cm³/mol. The number of nitrogens with one attached hydrogen (secondary N) is 1. The van der Waals surface area contributed by atoms with Gasteiger partial charge in [0.05, 0.1) is 45.2 Å². The van der Waals surface area contributed by atoms with Crippen LogP contribution < -0.4 is 9.64 Å². The number of hydrogen-bond donors (Lipinski definition) is 1. The molecule has 6 nitrogen and oxygen atoms in total. The first kappa shape index (κ1) is 19.9. The van der Waals surface area contributed by atoms with Gasteiger partial charge in [0.25, 0.3) is 5.91 Å². The largest absolute Gasteiger partial charge is 0.497 e. The second kappa shape index (κ2) is 8.86. The molecular formula is C19H24N3O3S2+. The summed E-state index contributed by atoms with van der Waals surface area (Å²) >= 11 is 6.64. The highest BCUT2D eigenvalue weighted by Crippen LogP contribution is 2.32. The first-order chi connectivity index (χ1) is 13.0. The summed E-state index contributed by atoms with van der Waals surface area (Å²) in [5.74, 6) is 0.732. The number of carbonyl (C=O) groups excluding carboxylic acids is 2. The van der Waals surface area contributed by atoms with Gasteiger partial charge in [-0.15, -0.1) is 0 Å². The summed E-state index contributed by atoms with van der Waals surface area (Å²) in [6, 6.07) is 7.49. The van der Waals surface area contributed by atoms with Crippen molar-refractivity contribution in [3.63, 3.8) is 0 Å². The molecule has 0 aromatic heterocycles. The molecule has 1 aromatic carbocycles. The third-order valence-corrected chi connectivity index (χ3v) is 6.18. The van der Waals surface area contributed by atoms with Gasteiger partial charge in [-0.05, 0) is 23.8 Å². The first-order valence-corrected chi connectivity index (χ1v) is 10.2. The van der Waals surface area contributed by atoms with E-state index in [4.69, 9.17) is 17.0 Å². The van der Waals surface area contributed by atoms with E-state index < -0.39 is 0 Å². The summed E-state index contributed by atoms with van der Waals surface area (Å²) in [6.07, 6.45) is 2.13. The van der Waals surface area contributed by atoms with Crippen LogP contribution in [0.1, 0.15) is 12.0 Å². The molecule has 2 aliphatic rings. The molecule has 0 unspecified atom stereocenters. The summed E-state index contributed by atoms with van der Waals surface area (Å²) in [5, 5.41) is 0. The minimum atomic E-state index is -0.128. The topological polar surface area (TPSA) is 54.3 Å². The Morgan fingerprint density at radius 3 is 2.59 bits per heavy atom. The van der Waals surface area contributed by atoms with Crippen molar-refractivity contribution in [2.24, 2.45) is 0 Å². The van der Waals surface area contributed by atoms with E-state index in [2.05, 4.69) is 7.05 Å². The average Bonchev–Trinajstić information content (AvgIpc) is 2.94. The van der Waals surface area contributed by atoms with E-state index in [1.54, 1.807) is 7.11 Å². The Morgan fingerprint density at radius 1 is 1.30 bits per heavy atom. The van der Waals surface area contributed by atoms with Crippen LogP contribution in [0.5, 0.6) is 5.75 Å².